The van der Waals surface area contributed by atoms with Gasteiger partial charge in [0.1, 0.15) is 55.1 Å². The molecule has 2 heterocycles. The van der Waals surface area contributed by atoms with Crippen LogP contribution in [-0.4, -0.2) is 118 Å². The second kappa shape index (κ2) is 14.9. The Morgan fingerprint density at radius 2 is 1.48 bits per heavy atom. The molecule has 0 bridgehead atoms. The van der Waals surface area contributed by atoms with Gasteiger partial charge in [-0.15, -0.1) is 0 Å². The standard InChI is InChI=1S/C26H36O14/c1-13(28)8-9-18(30)39-24-20(32)19(31)17(12-35-14(2)29)38-26(24)40-23-16(10-27)37-25(22(34)21(23)33)36-11-15-6-4-3-5-7-15/h3-7,16-17,19-27,31-34H,8-12H2,1-2H3/t16-,17-,19+,20+,21-,22-,23-,24-,25-,26+/m1/s1. The summed E-state index contributed by atoms with van der Waals surface area (Å²) in [6.45, 7) is 1.24. The van der Waals surface area contributed by atoms with Gasteiger partial charge in [-0.2, -0.15) is 0 Å². The van der Waals surface area contributed by atoms with Crippen LogP contribution < -0.4 is 0 Å². The second-order valence-electron chi connectivity index (χ2n) is 9.59. The van der Waals surface area contributed by atoms with Gasteiger partial charge in [0.25, 0.3) is 0 Å². The van der Waals surface area contributed by atoms with Crippen LogP contribution >= 0.6 is 0 Å². The van der Waals surface area contributed by atoms with E-state index in [-0.39, 0.29) is 25.2 Å². The first kappa shape index (κ1) is 32.0. The molecule has 40 heavy (non-hydrogen) atoms. The van der Waals surface area contributed by atoms with Gasteiger partial charge in [-0.25, -0.2) is 0 Å². The summed E-state index contributed by atoms with van der Waals surface area (Å²) in [5.41, 5.74) is 0.767. The van der Waals surface area contributed by atoms with E-state index < -0.39 is 86.6 Å². The van der Waals surface area contributed by atoms with E-state index in [9.17, 15) is 39.9 Å². The lowest BCUT2D eigenvalue weighted by Crippen LogP contribution is -2.65. The van der Waals surface area contributed by atoms with Gasteiger partial charge in [-0.05, 0) is 12.5 Å². The fourth-order valence-electron chi connectivity index (χ4n) is 4.23. The summed E-state index contributed by atoms with van der Waals surface area (Å²) >= 11 is 0. The van der Waals surface area contributed by atoms with Crippen molar-refractivity contribution < 1.29 is 68.3 Å². The Balaban J connectivity index is 1.76. The molecule has 2 fully saturated rings. The second-order valence-corrected chi connectivity index (χ2v) is 9.59. The number of hydrogen-bond acceptors (Lipinski definition) is 14. The molecule has 3 rings (SSSR count). The molecule has 0 radical (unpaired) electrons. The van der Waals surface area contributed by atoms with E-state index in [0.717, 1.165) is 12.5 Å². The highest BCUT2D eigenvalue weighted by atomic mass is 16.8. The molecular weight excluding hydrogens is 536 g/mol. The summed E-state index contributed by atoms with van der Waals surface area (Å²) in [6, 6.07) is 8.97. The molecule has 0 spiro atoms. The lowest BCUT2D eigenvalue weighted by Gasteiger charge is -2.46. The van der Waals surface area contributed by atoms with Crippen molar-refractivity contribution in [2.24, 2.45) is 0 Å². The molecule has 1 aromatic carbocycles. The third-order valence-corrected chi connectivity index (χ3v) is 6.41. The first-order valence-corrected chi connectivity index (χ1v) is 12.8. The van der Waals surface area contributed by atoms with Crippen molar-refractivity contribution in [3.05, 3.63) is 35.9 Å². The zero-order valence-electron chi connectivity index (χ0n) is 22.1. The molecule has 224 valence electrons. The van der Waals surface area contributed by atoms with Crippen LogP contribution in [0, 0.1) is 0 Å². The molecule has 0 amide bonds. The highest BCUT2D eigenvalue weighted by molar-refractivity contribution is 5.81. The highest BCUT2D eigenvalue weighted by Gasteiger charge is 2.52. The Kier molecular flexibility index (Phi) is 11.9. The smallest absolute Gasteiger partial charge is 0.306 e. The van der Waals surface area contributed by atoms with Gasteiger partial charge in [0.2, 0.25) is 0 Å². The molecule has 0 saturated carbocycles. The number of carbonyl (C=O) groups is 3. The van der Waals surface area contributed by atoms with Crippen LogP contribution in [0.3, 0.4) is 0 Å². The minimum Gasteiger partial charge on any atom is -0.463 e. The molecule has 0 unspecified atom stereocenters. The summed E-state index contributed by atoms with van der Waals surface area (Å²) < 4.78 is 32.8. The minimum atomic E-state index is -1.80. The summed E-state index contributed by atoms with van der Waals surface area (Å²) in [4.78, 5) is 34.9. The van der Waals surface area contributed by atoms with Crippen molar-refractivity contribution in [3.63, 3.8) is 0 Å². The fourth-order valence-corrected chi connectivity index (χ4v) is 4.23. The maximum Gasteiger partial charge on any atom is 0.306 e. The first-order valence-electron chi connectivity index (χ1n) is 12.8. The number of rotatable bonds is 12. The molecular formula is C26H36O14. The Morgan fingerprint density at radius 1 is 0.825 bits per heavy atom. The molecule has 10 atom stereocenters. The Labute approximate surface area is 230 Å². The lowest BCUT2D eigenvalue weighted by molar-refractivity contribution is -0.361. The van der Waals surface area contributed by atoms with Gasteiger partial charge in [0, 0.05) is 13.3 Å². The predicted molar refractivity (Wildman–Crippen MR) is 131 cm³/mol. The van der Waals surface area contributed by atoms with Crippen LogP contribution in [0.15, 0.2) is 30.3 Å². The van der Waals surface area contributed by atoms with Gasteiger partial charge in [0.05, 0.1) is 19.6 Å². The Hall–Kier alpha value is -2.53. The number of esters is 2. The van der Waals surface area contributed by atoms with Crippen LogP contribution in [0.5, 0.6) is 0 Å². The summed E-state index contributed by atoms with van der Waals surface area (Å²) in [6.07, 6.45) is -16.1. The van der Waals surface area contributed by atoms with Gasteiger partial charge in [-0.1, -0.05) is 30.3 Å². The third kappa shape index (κ3) is 8.49. The van der Waals surface area contributed by atoms with Gasteiger partial charge in [0.15, 0.2) is 18.7 Å². The molecule has 0 aromatic heterocycles. The van der Waals surface area contributed by atoms with E-state index in [0.29, 0.717) is 0 Å². The molecule has 2 aliphatic heterocycles. The molecule has 14 heteroatoms. The van der Waals surface area contributed by atoms with Crippen molar-refractivity contribution in [3.8, 4) is 0 Å². The van der Waals surface area contributed by atoms with Gasteiger partial charge in [-0.3, -0.25) is 9.59 Å². The molecule has 1 aromatic rings. The van der Waals surface area contributed by atoms with E-state index in [1.807, 2.05) is 6.07 Å². The van der Waals surface area contributed by atoms with Crippen LogP contribution in [0.25, 0.3) is 0 Å². The zero-order valence-corrected chi connectivity index (χ0v) is 22.1. The van der Waals surface area contributed by atoms with Crippen molar-refractivity contribution in [1.29, 1.82) is 0 Å². The SMILES string of the molecule is CC(=O)CCC(=O)O[C@H]1[C@H](O[C@H]2[C@H](O)[C@@H](O)[C@H](OCc3ccccc3)O[C@@H]2CO)O[C@H](COC(C)=O)[C@H](O)[C@@H]1O. The van der Waals surface area contributed by atoms with Crippen LogP contribution in [0.1, 0.15) is 32.3 Å². The number of aliphatic hydroxyl groups excluding tert-OH is 5. The van der Waals surface area contributed by atoms with Gasteiger partial charge < -0.3 is 58.7 Å². The number of ether oxygens (including phenoxy) is 6. The molecule has 14 nitrogen and oxygen atoms in total. The first-order chi connectivity index (χ1) is 19.0. The largest absolute Gasteiger partial charge is 0.463 e. The number of ketones is 1. The van der Waals surface area contributed by atoms with Crippen molar-refractivity contribution in [1.82, 2.24) is 0 Å². The van der Waals surface area contributed by atoms with E-state index in [1.165, 1.54) is 6.92 Å². The van der Waals surface area contributed by atoms with Crippen LogP contribution in [0.4, 0.5) is 0 Å². The predicted octanol–water partition coefficient (Wildman–Crippen LogP) is -1.68. The monoisotopic (exact) mass is 572 g/mol. The average Bonchev–Trinajstić information content (AvgIpc) is 2.93. The molecule has 2 aliphatic rings. The molecule has 2 saturated heterocycles. The van der Waals surface area contributed by atoms with Crippen LogP contribution in [0.2, 0.25) is 0 Å². The van der Waals surface area contributed by atoms with E-state index in [4.69, 9.17) is 28.4 Å². The number of hydrogen-bond donors (Lipinski definition) is 5. The molecule has 0 aliphatic carbocycles. The summed E-state index contributed by atoms with van der Waals surface area (Å²) in [5.74, 6) is -1.88. The Bertz CT molecular complexity index is 971. The van der Waals surface area contributed by atoms with Crippen molar-refractivity contribution in [2.75, 3.05) is 13.2 Å². The lowest BCUT2D eigenvalue weighted by atomic mass is 9.96. The average molecular weight is 573 g/mol. The van der Waals surface area contributed by atoms with E-state index >= 15 is 0 Å². The number of aliphatic hydroxyl groups is 5. The fraction of sp³-hybridized carbons (Fsp3) is 0.654. The van der Waals surface area contributed by atoms with Crippen molar-refractivity contribution >= 4 is 17.7 Å². The highest BCUT2D eigenvalue weighted by Crippen LogP contribution is 2.31. The third-order valence-electron chi connectivity index (χ3n) is 6.41. The summed E-state index contributed by atoms with van der Waals surface area (Å²) in [7, 11) is 0. The normalized spacial score (nSPS) is 34.2. The van der Waals surface area contributed by atoms with E-state index in [1.54, 1.807) is 24.3 Å². The maximum atomic E-state index is 12.4. The van der Waals surface area contributed by atoms with Gasteiger partial charge >= 0.3 is 11.9 Å². The number of Topliss-reactive ketones (excluding diaryl/α,β-unsaturated/α-hetero) is 1. The minimum absolute atomic E-state index is 0.0326. The van der Waals surface area contributed by atoms with Crippen molar-refractivity contribution in [2.45, 2.75) is 94.7 Å². The van der Waals surface area contributed by atoms with E-state index in [2.05, 4.69) is 0 Å². The maximum absolute atomic E-state index is 12.4. The Morgan fingerprint density at radius 3 is 2.10 bits per heavy atom. The quantitative estimate of drug-likeness (QED) is 0.177. The number of benzene rings is 1. The molecule has 5 N–H and O–H groups in total. The topological polar surface area (TPSA) is 208 Å². The number of carbonyl (C=O) groups excluding carboxylic acids is 3. The zero-order chi connectivity index (χ0) is 29.4. The van der Waals surface area contributed by atoms with Crippen LogP contribution in [-0.2, 0) is 49.4 Å². The summed E-state index contributed by atoms with van der Waals surface area (Å²) in [5, 5.41) is 52.8.